The quantitative estimate of drug-likeness (QED) is 0.170. The Labute approximate surface area is 336 Å². The van der Waals surface area contributed by atoms with Crippen LogP contribution in [0, 0.1) is 0 Å². The van der Waals surface area contributed by atoms with E-state index in [0.717, 1.165) is 78.7 Å². The second-order valence-electron chi connectivity index (χ2n) is 14.8. The van der Waals surface area contributed by atoms with Crippen LogP contribution in [0.4, 0.5) is 0 Å². The average molecular weight is 747 g/mol. The zero-order chi connectivity index (χ0) is 38.4. The van der Waals surface area contributed by atoms with Gasteiger partial charge in [-0.3, -0.25) is 4.98 Å². The summed E-state index contributed by atoms with van der Waals surface area (Å²) in [5.74, 6) is 0.885. The molecule has 0 amide bonds. The first kappa shape index (κ1) is 33.7. The van der Waals surface area contributed by atoms with Gasteiger partial charge in [-0.15, -0.1) is 0 Å². The maximum Gasteiger partial charge on any atom is 0.145 e. The van der Waals surface area contributed by atoms with Crippen molar-refractivity contribution in [3.05, 3.63) is 223 Å². The van der Waals surface area contributed by atoms with Crippen LogP contribution in [0.3, 0.4) is 0 Å². The Morgan fingerprint density at radius 1 is 0.586 bits per heavy atom. The molecule has 0 aliphatic carbocycles. The number of para-hydroxylation sites is 1. The summed E-state index contributed by atoms with van der Waals surface area (Å²) in [5, 5.41) is 10.5. The number of fused-ring (bicyclic) bond motifs is 5. The fourth-order valence-electron chi connectivity index (χ4n) is 8.61. The van der Waals surface area contributed by atoms with Crippen LogP contribution >= 0.6 is 0 Å². The molecule has 2 N–H and O–H groups in total. The van der Waals surface area contributed by atoms with E-state index in [2.05, 4.69) is 196 Å². The molecule has 0 fully saturated rings. The van der Waals surface area contributed by atoms with Crippen molar-refractivity contribution in [2.24, 2.45) is 0 Å². The highest BCUT2D eigenvalue weighted by atomic mass is 16.3. The Morgan fingerprint density at radius 2 is 1.29 bits per heavy atom. The van der Waals surface area contributed by atoms with Gasteiger partial charge >= 0.3 is 0 Å². The number of nitrogens with zero attached hydrogens (tertiary/aromatic N) is 2. The first-order valence-electron chi connectivity index (χ1n) is 19.8. The van der Waals surface area contributed by atoms with Gasteiger partial charge in [0.15, 0.2) is 0 Å². The zero-order valence-electron chi connectivity index (χ0n) is 31.6. The van der Waals surface area contributed by atoms with E-state index in [0.29, 0.717) is 0 Å². The van der Waals surface area contributed by atoms with Crippen molar-refractivity contribution < 1.29 is 4.42 Å². The first-order valence-corrected chi connectivity index (χ1v) is 19.8. The zero-order valence-corrected chi connectivity index (χ0v) is 31.6. The molecule has 0 saturated heterocycles. The predicted molar refractivity (Wildman–Crippen MR) is 239 cm³/mol. The van der Waals surface area contributed by atoms with Gasteiger partial charge < -0.3 is 19.6 Å². The molecule has 58 heavy (non-hydrogen) atoms. The molecule has 9 aromatic rings. The van der Waals surface area contributed by atoms with Gasteiger partial charge in [0.2, 0.25) is 0 Å². The Bertz CT molecular complexity index is 3100. The van der Waals surface area contributed by atoms with Crippen LogP contribution in [0.15, 0.2) is 205 Å². The van der Waals surface area contributed by atoms with Crippen molar-refractivity contribution in [1.82, 2.24) is 20.2 Å². The summed E-state index contributed by atoms with van der Waals surface area (Å²) in [6.07, 6.45) is 14.6. The summed E-state index contributed by atoms with van der Waals surface area (Å²) in [7, 11) is 0. The van der Waals surface area contributed by atoms with E-state index in [1.807, 2.05) is 24.7 Å². The summed E-state index contributed by atoms with van der Waals surface area (Å²) in [5.41, 5.74) is 15.7. The molecule has 11 rings (SSSR count). The first-order chi connectivity index (χ1) is 28.8. The third-order valence-electron chi connectivity index (χ3n) is 11.4. The van der Waals surface area contributed by atoms with E-state index < -0.39 is 0 Å². The largest absolute Gasteiger partial charge is 0.455 e. The van der Waals surface area contributed by atoms with Crippen LogP contribution in [-0.2, 0) is 0 Å². The fourth-order valence-corrected chi connectivity index (χ4v) is 8.61. The minimum Gasteiger partial charge on any atom is -0.455 e. The standard InChI is InChI=1S/C53H38N4O/c1-3-9-40(10-4-1)50-45-23-24-49-51(53(45)58-52(50)41-11-5-2-6-12-41)44-13-7-8-14-48(44)57(49)43-21-19-38(20-22-43)46-33-42(34-47(56-46)39-27-31-55-32-28-39)36-17-15-35(16-18-36)37-25-29-54-30-26-37/h1-29,31-34,46,54,56H,30H2. The van der Waals surface area contributed by atoms with Crippen LogP contribution < -0.4 is 10.6 Å². The van der Waals surface area contributed by atoms with Crippen LogP contribution in [0.2, 0.25) is 0 Å². The number of nitrogens with one attached hydrogen (secondary N) is 2. The van der Waals surface area contributed by atoms with Gasteiger partial charge in [-0.05, 0) is 100 Å². The number of hydrogen-bond acceptors (Lipinski definition) is 4. The summed E-state index contributed by atoms with van der Waals surface area (Å²) < 4.78 is 9.36. The molecule has 6 aromatic carbocycles. The second kappa shape index (κ2) is 14.1. The molecule has 1 atom stereocenters. The van der Waals surface area contributed by atoms with Crippen molar-refractivity contribution >= 4 is 49.6 Å². The van der Waals surface area contributed by atoms with E-state index in [4.69, 9.17) is 4.42 Å². The van der Waals surface area contributed by atoms with Crippen LogP contribution in [0.25, 0.3) is 77.8 Å². The van der Waals surface area contributed by atoms with Crippen molar-refractivity contribution in [1.29, 1.82) is 0 Å². The van der Waals surface area contributed by atoms with E-state index in [1.54, 1.807) is 0 Å². The molecular formula is C53H38N4O. The lowest BCUT2D eigenvalue weighted by atomic mass is 9.92. The summed E-state index contributed by atoms with van der Waals surface area (Å²) in [6.45, 7) is 0.846. The number of allylic oxidation sites excluding steroid dienone is 4. The minimum absolute atomic E-state index is 0.0411. The number of aromatic nitrogens is 2. The number of hydrogen-bond donors (Lipinski definition) is 2. The Hall–Kier alpha value is -7.63. The highest BCUT2D eigenvalue weighted by molar-refractivity contribution is 6.22. The van der Waals surface area contributed by atoms with E-state index in [9.17, 15) is 0 Å². The van der Waals surface area contributed by atoms with Crippen molar-refractivity contribution in [3.8, 4) is 28.1 Å². The minimum atomic E-state index is -0.0411. The molecular weight excluding hydrogens is 709 g/mol. The van der Waals surface area contributed by atoms with Gasteiger partial charge in [0.05, 0.1) is 22.5 Å². The average Bonchev–Trinajstić information content (AvgIpc) is 3.87. The summed E-state index contributed by atoms with van der Waals surface area (Å²) in [4.78, 5) is 4.28. The molecule has 1 unspecified atom stereocenters. The highest BCUT2D eigenvalue weighted by Gasteiger charge is 2.24. The fraction of sp³-hybridized carbons (Fsp3) is 0.0377. The van der Waals surface area contributed by atoms with Gasteiger partial charge in [-0.2, -0.15) is 0 Å². The Kier molecular flexibility index (Phi) is 8.21. The molecule has 2 aliphatic heterocycles. The lowest BCUT2D eigenvalue weighted by Crippen LogP contribution is -2.21. The van der Waals surface area contributed by atoms with Crippen LogP contribution in [0.1, 0.15) is 28.3 Å². The van der Waals surface area contributed by atoms with Gasteiger partial charge in [-0.25, -0.2) is 0 Å². The van der Waals surface area contributed by atoms with Gasteiger partial charge in [0.1, 0.15) is 11.3 Å². The van der Waals surface area contributed by atoms with E-state index in [-0.39, 0.29) is 6.04 Å². The summed E-state index contributed by atoms with van der Waals surface area (Å²) >= 11 is 0. The molecule has 5 nitrogen and oxygen atoms in total. The monoisotopic (exact) mass is 746 g/mol. The number of rotatable bonds is 7. The lowest BCUT2D eigenvalue weighted by molar-refractivity contribution is 0.636. The maximum atomic E-state index is 6.99. The Morgan fingerprint density at radius 3 is 2.03 bits per heavy atom. The smallest absolute Gasteiger partial charge is 0.145 e. The molecule has 276 valence electrons. The second-order valence-corrected chi connectivity index (χ2v) is 14.8. The lowest BCUT2D eigenvalue weighted by Gasteiger charge is -2.26. The summed E-state index contributed by atoms with van der Waals surface area (Å²) in [6, 6.07) is 56.2. The molecule has 5 heterocycles. The van der Waals surface area contributed by atoms with Gasteiger partial charge in [0, 0.05) is 57.8 Å². The third kappa shape index (κ3) is 5.84. The molecule has 0 bridgehead atoms. The molecule has 3 aromatic heterocycles. The number of benzene rings is 6. The molecule has 0 saturated carbocycles. The molecule has 0 radical (unpaired) electrons. The SMILES string of the molecule is C1=CC(c2ccc(C3=CC(c4ccc(-n5c6ccccc6c6c7oc(-c8ccccc8)c(-c8ccccc8)c7ccc65)cc4)NC(c4ccncc4)=C3)cc2)=CCN1. The predicted octanol–water partition coefficient (Wildman–Crippen LogP) is 12.5. The van der Waals surface area contributed by atoms with Gasteiger partial charge in [-0.1, -0.05) is 121 Å². The highest BCUT2D eigenvalue weighted by Crippen LogP contribution is 2.46. The number of furan rings is 1. The van der Waals surface area contributed by atoms with Crippen molar-refractivity contribution in [3.63, 3.8) is 0 Å². The maximum absolute atomic E-state index is 6.99. The molecule has 2 aliphatic rings. The van der Waals surface area contributed by atoms with Crippen LogP contribution in [-0.4, -0.2) is 16.1 Å². The van der Waals surface area contributed by atoms with Crippen LogP contribution in [0.5, 0.6) is 0 Å². The third-order valence-corrected chi connectivity index (χ3v) is 11.4. The topological polar surface area (TPSA) is 55.0 Å². The number of pyridine rings is 1. The van der Waals surface area contributed by atoms with Crippen molar-refractivity contribution in [2.45, 2.75) is 6.04 Å². The van der Waals surface area contributed by atoms with Crippen molar-refractivity contribution in [2.75, 3.05) is 6.54 Å². The van der Waals surface area contributed by atoms with E-state index in [1.165, 1.54) is 27.8 Å². The molecule has 5 heteroatoms. The van der Waals surface area contributed by atoms with Gasteiger partial charge in [0.25, 0.3) is 0 Å². The normalized spacial score (nSPS) is 15.2. The molecule has 0 spiro atoms. The number of dihydropyridines is 2. The van der Waals surface area contributed by atoms with E-state index >= 15 is 0 Å². The Balaban J connectivity index is 1.01.